The smallest absolute Gasteiger partial charge is 0.237 e. The van der Waals surface area contributed by atoms with Crippen LogP contribution in [0.1, 0.15) is 16.7 Å². The Bertz CT molecular complexity index is 757. The van der Waals surface area contributed by atoms with E-state index in [1.54, 1.807) is 18.8 Å². The average molecular weight is 377 g/mol. The number of amides is 1. The number of likely N-dealkylation sites (N-methyl/N-ethyl adjacent to an activating group) is 1. The van der Waals surface area contributed by atoms with Gasteiger partial charge in [-0.25, -0.2) is 0 Å². The molecule has 0 aliphatic carbocycles. The number of carbonyl (C=O) groups excluding carboxylic acids is 1. The van der Waals surface area contributed by atoms with Crippen molar-refractivity contribution in [3.63, 3.8) is 0 Å². The van der Waals surface area contributed by atoms with Crippen molar-refractivity contribution >= 4 is 17.7 Å². The molecule has 138 valence electrons. The van der Waals surface area contributed by atoms with Crippen LogP contribution >= 0.6 is 11.8 Å². The molecule has 3 N–H and O–H groups in total. The molecule has 3 aromatic carbocycles. The summed E-state index contributed by atoms with van der Waals surface area (Å²) in [4.78, 5) is 12.0. The normalized spacial score (nSPS) is 12.4. The molecule has 3 rings (SSSR count). The number of benzene rings is 3. The predicted octanol–water partition coefficient (Wildman–Crippen LogP) is 3.79. The molecule has 0 aliphatic rings. The van der Waals surface area contributed by atoms with E-state index >= 15 is 0 Å². The van der Waals surface area contributed by atoms with Gasteiger partial charge in [-0.05, 0) is 16.7 Å². The molecule has 0 aromatic heterocycles. The second-order valence-corrected chi connectivity index (χ2v) is 7.55. The maximum atomic E-state index is 12.0. The fourth-order valence-corrected chi connectivity index (χ4v) is 4.73. The Balaban J connectivity index is 2.15. The lowest BCUT2D eigenvalue weighted by atomic mass is 9.84. The summed E-state index contributed by atoms with van der Waals surface area (Å²) in [6, 6.07) is 30.6. The average Bonchev–Trinajstić information content (AvgIpc) is 2.75. The van der Waals surface area contributed by atoms with Crippen molar-refractivity contribution in [3.05, 3.63) is 108 Å². The van der Waals surface area contributed by atoms with Crippen LogP contribution in [0.3, 0.4) is 0 Å². The van der Waals surface area contributed by atoms with Crippen molar-refractivity contribution in [1.29, 1.82) is 0 Å². The molecular formula is C23H24N2OS. The molecule has 0 radical (unpaired) electrons. The number of nitrogens with one attached hydrogen (secondary N) is 1. The Labute approximate surface area is 165 Å². The van der Waals surface area contributed by atoms with Crippen LogP contribution in [0.2, 0.25) is 0 Å². The zero-order valence-corrected chi connectivity index (χ0v) is 16.2. The second-order valence-electron chi connectivity index (χ2n) is 6.31. The minimum Gasteiger partial charge on any atom is -0.358 e. The minimum atomic E-state index is -0.574. The molecule has 27 heavy (non-hydrogen) atoms. The van der Waals surface area contributed by atoms with Crippen molar-refractivity contribution in [2.24, 2.45) is 5.73 Å². The molecule has 0 spiro atoms. The first kappa shape index (κ1) is 19.2. The predicted molar refractivity (Wildman–Crippen MR) is 114 cm³/mol. The molecule has 3 aromatic rings. The zero-order chi connectivity index (χ0) is 19.1. The van der Waals surface area contributed by atoms with Gasteiger partial charge in [0.15, 0.2) is 0 Å². The van der Waals surface area contributed by atoms with Crippen LogP contribution in [0.15, 0.2) is 91.0 Å². The topological polar surface area (TPSA) is 55.1 Å². The number of nitrogens with two attached hydrogens (primary N) is 1. The van der Waals surface area contributed by atoms with Crippen LogP contribution in [0, 0.1) is 0 Å². The van der Waals surface area contributed by atoms with E-state index in [0.29, 0.717) is 5.75 Å². The summed E-state index contributed by atoms with van der Waals surface area (Å²) in [5, 5.41) is 2.64. The van der Waals surface area contributed by atoms with Gasteiger partial charge in [0.05, 0.1) is 10.8 Å². The van der Waals surface area contributed by atoms with Gasteiger partial charge < -0.3 is 11.1 Å². The zero-order valence-electron chi connectivity index (χ0n) is 15.3. The number of hydrogen-bond donors (Lipinski definition) is 2. The largest absolute Gasteiger partial charge is 0.358 e. The van der Waals surface area contributed by atoms with E-state index in [4.69, 9.17) is 5.73 Å². The first-order chi connectivity index (χ1) is 13.2. The van der Waals surface area contributed by atoms with Gasteiger partial charge in [-0.1, -0.05) is 91.0 Å². The molecule has 0 fully saturated rings. The van der Waals surface area contributed by atoms with Crippen molar-refractivity contribution in [2.75, 3.05) is 12.8 Å². The van der Waals surface area contributed by atoms with Crippen molar-refractivity contribution in [1.82, 2.24) is 5.32 Å². The lowest BCUT2D eigenvalue weighted by Crippen LogP contribution is -2.42. The summed E-state index contributed by atoms with van der Waals surface area (Å²) in [6.45, 7) is 0. The Kier molecular flexibility index (Phi) is 6.32. The van der Waals surface area contributed by atoms with Crippen LogP contribution in [0.5, 0.6) is 0 Å². The quantitative estimate of drug-likeness (QED) is 0.617. The highest BCUT2D eigenvalue weighted by Gasteiger charge is 2.37. The van der Waals surface area contributed by atoms with Gasteiger partial charge in [-0.15, -0.1) is 11.8 Å². The molecule has 3 nitrogen and oxygen atoms in total. The standard InChI is InChI=1S/C23H24N2OS/c1-25-22(26)21(24)17-27-23(18-11-5-2-6-12-18,19-13-7-3-8-14-19)20-15-9-4-10-16-20/h2-16,21H,17,24H2,1H3,(H,25,26). The van der Waals surface area contributed by atoms with Crippen LogP contribution in [-0.4, -0.2) is 24.7 Å². The molecule has 0 bridgehead atoms. The third kappa shape index (κ3) is 4.07. The third-order valence-corrected chi connectivity index (χ3v) is 6.27. The van der Waals surface area contributed by atoms with Gasteiger partial charge >= 0.3 is 0 Å². The monoisotopic (exact) mass is 376 g/mol. The van der Waals surface area contributed by atoms with Gasteiger partial charge in [0.1, 0.15) is 0 Å². The molecule has 0 saturated heterocycles. The van der Waals surface area contributed by atoms with Gasteiger partial charge in [0.2, 0.25) is 5.91 Å². The van der Waals surface area contributed by atoms with Gasteiger partial charge in [0.25, 0.3) is 0 Å². The highest BCUT2D eigenvalue weighted by molar-refractivity contribution is 8.00. The van der Waals surface area contributed by atoms with E-state index in [0.717, 1.165) is 16.7 Å². The number of carbonyl (C=O) groups is 1. The van der Waals surface area contributed by atoms with Gasteiger partial charge in [-0.2, -0.15) is 0 Å². The molecule has 0 saturated carbocycles. The summed E-state index contributed by atoms with van der Waals surface area (Å²) < 4.78 is -0.449. The fraction of sp³-hybridized carbons (Fsp3) is 0.174. The molecular weight excluding hydrogens is 352 g/mol. The van der Waals surface area contributed by atoms with E-state index in [2.05, 4.69) is 78.1 Å². The van der Waals surface area contributed by atoms with Crippen LogP contribution < -0.4 is 11.1 Å². The van der Waals surface area contributed by atoms with E-state index in [1.807, 2.05) is 18.2 Å². The Morgan fingerprint density at radius 3 is 1.56 bits per heavy atom. The molecule has 1 unspecified atom stereocenters. The molecule has 1 amide bonds. The summed E-state index contributed by atoms with van der Waals surface area (Å²) in [5.74, 6) is 0.351. The summed E-state index contributed by atoms with van der Waals surface area (Å²) in [7, 11) is 1.62. The van der Waals surface area contributed by atoms with E-state index < -0.39 is 10.8 Å². The summed E-state index contributed by atoms with van der Waals surface area (Å²) >= 11 is 1.69. The van der Waals surface area contributed by atoms with Crippen LogP contribution in [-0.2, 0) is 9.54 Å². The van der Waals surface area contributed by atoms with Gasteiger partial charge in [-0.3, -0.25) is 4.79 Å². The number of thioether (sulfide) groups is 1. The number of rotatable bonds is 7. The van der Waals surface area contributed by atoms with Crippen molar-refractivity contribution in [2.45, 2.75) is 10.8 Å². The lowest BCUT2D eigenvalue weighted by Gasteiger charge is -2.36. The first-order valence-corrected chi connectivity index (χ1v) is 9.94. The SMILES string of the molecule is CNC(=O)C(N)CSC(c1ccccc1)(c1ccccc1)c1ccccc1. The Morgan fingerprint density at radius 2 is 1.22 bits per heavy atom. The van der Waals surface area contributed by atoms with Crippen LogP contribution in [0.4, 0.5) is 0 Å². The highest BCUT2D eigenvalue weighted by Crippen LogP contribution is 2.48. The Hall–Kier alpha value is -2.56. The minimum absolute atomic E-state index is 0.148. The van der Waals surface area contributed by atoms with Crippen molar-refractivity contribution < 1.29 is 4.79 Å². The Morgan fingerprint density at radius 1 is 0.852 bits per heavy atom. The lowest BCUT2D eigenvalue weighted by molar-refractivity contribution is -0.121. The molecule has 4 heteroatoms. The maximum Gasteiger partial charge on any atom is 0.237 e. The fourth-order valence-electron chi connectivity index (χ4n) is 3.24. The van der Waals surface area contributed by atoms with Crippen LogP contribution in [0.25, 0.3) is 0 Å². The molecule has 1 atom stereocenters. The van der Waals surface area contributed by atoms with Gasteiger partial charge in [0, 0.05) is 12.8 Å². The number of hydrogen-bond acceptors (Lipinski definition) is 3. The van der Waals surface area contributed by atoms with E-state index in [-0.39, 0.29) is 5.91 Å². The van der Waals surface area contributed by atoms with Crippen molar-refractivity contribution in [3.8, 4) is 0 Å². The highest BCUT2D eigenvalue weighted by atomic mass is 32.2. The molecule has 0 heterocycles. The van der Waals surface area contributed by atoms with E-state index in [9.17, 15) is 4.79 Å². The maximum absolute atomic E-state index is 12.0. The third-order valence-electron chi connectivity index (χ3n) is 4.60. The second kappa shape index (κ2) is 8.89. The summed E-state index contributed by atoms with van der Waals surface area (Å²) in [5.41, 5.74) is 9.63. The first-order valence-electron chi connectivity index (χ1n) is 8.96. The van der Waals surface area contributed by atoms with E-state index in [1.165, 1.54) is 0 Å². The molecule has 0 aliphatic heterocycles. The summed E-state index contributed by atoms with van der Waals surface area (Å²) in [6.07, 6.45) is 0.